The van der Waals surface area contributed by atoms with Crippen LogP contribution in [0, 0.1) is 0 Å². The molecule has 0 N–H and O–H groups in total. The third-order valence-electron chi connectivity index (χ3n) is 4.11. The fourth-order valence-electron chi connectivity index (χ4n) is 2.91. The summed E-state index contributed by atoms with van der Waals surface area (Å²) in [6.45, 7) is -0.481. The van der Waals surface area contributed by atoms with Gasteiger partial charge in [-0.05, 0) is 30.3 Å². The van der Waals surface area contributed by atoms with Crippen LogP contribution in [0.15, 0.2) is 42.7 Å². The Bertz CT molecular complexity index is 767. The van der Waals surface area contributed by atoms with E-state index in [0.29, 0.717) is 0 Å². The zero-order valence-electron chi connectivity index (χ0n) is 14.2. The summed E-state index contributed by atoms with van der Waals surface area (Å²) in [7, 11) is 0. The Morgan fingerprint density at radius 3 is 2.21 bits per heavy atom. The monoisotopic (exact) mass is 407 g/mol. The quantitative estimate of drug-likeness (QED) is 0.700. The molecule has 2 aromatic rings. The second-order valence-electron chi connectivity index (χ2n) is 6.11. The fourth-order valence-corrected chi connectivity index (χ4v) is 2.91. The number of benzene rings is 1. The molecule has 11 heteroatoms. The summed E-state index contributed by atoms with van der Waals surface area (Å²) in [5, 5.41) is 0. The van der Waals surface area contributed by atoms with E-state index < -0.39 is 36.9 Å². The lowest BCUT2D eigenvalue weighted by Crippen LogP contribution is -2.36. The van der Waals surface area contributed by atoms with Crippen molar-refractivity contribution in [3.05, 3.63) is 48.3 Å². The van der Waals surface area contributed by atoms with E-state index >= 15 is 0 Å². The summed E-state index contributed by atoms with van der Waals surface area (Å²) in [5.41, 5.74) is -0.818. The number of ether oxygens (including phenoxy) is 2. The van der Waals surface area contributed by atoms with Gasteiger partial charge in [0.2, 0.25) is 5.95 Å². The second-order valence-corrected chi connectivity index (χ2v) is 6.11. The van der Waals surface area contributed by atoms with E-state index in [9.17, 15) is 26.3 Å². The highest BCUT2D eigenvalue weighted by atomic mass is 19.4. The molecule has 0 aliphatic carbocycles. The molecule has 1 saturated heterocycles. The zero-order valence-corrected chi connectivity index (χ0v) is 14.2. The van der Waals surface area contributed by atoms with E-state index in [1.54, 1.807) is 6.07 Å². The minimum atomic E-state index is -4.78. The number of nitrogens with zero attached hydrogens (tertiary/aromatic N) is 3. The minimum absolute atomic E-state index is 0.162. The number of rotatable bonds is 5. The first kappa shape index (κ1) is 20.2. The minimum Gasteiger partial charge on any atom is -0.489 e. The molecule has 1 aliphatic rings. The first-order chi connectivity index (χ1) is 13.1. The molecule has 0 spiro atoms. The molecular weight excluding hydrogens is 392 g/mol. The molecule has 0 radical (unpaired) electrons. The van der Waals surface area contributed by atoms with E-state index in [0.717, 1.165) is 12.1 Å². The Balaban J connectivity index is 1.70. The SMILES string of the molecule is FC(F)(F)OC[C@@H]1C[C@H](Oc2ccc(C(F)(F)F)cc2)CN1c1ncccn1. The van der Waals surface area contributed by atoms with Gasteiger partial charge < -0.3 is 9.64 Å². The van der Waals surface area contributed by atoms with Crippen molar-refractivity contribution in [2.45, 2.75) is 31.1 Å². The number of anilines is 1. The molecule has 1 fully saturated rings. The van der Waals surface area contributed by atoms with Crippen LogP contribution >= 0.6 is 0 Å². The van der Waals surface area contributed by atoms with Gasteiger partial charge >= 0.3 is 12.5 Å². The molecule has 0 bridgehead atoms. The maximum atomic E-state index is 12.6. The second kappa shape index (κ2) is 7.82. The molecule has 1 aromatic carbocycles. The lowest BCUT2D eigenvalue weighted by molar-refractivity contribution is -0.325. The van der Waals surface area contributed by atoms with Gasteiger partial charge in [0.15, 0.2) is 0 Å². The summed E-state index contributed by atoms with van der Waals surface area (Å²) in [6.07, 6.45) is -6.75. The number of hydrogen-bond donors (Lipinski definition) is 0. The maximum absolute atomic E-state index is 12.6. The van der Waals surface area contributed by atoms with Gasteiger partial charge in [0.25, 0.3) is 0 Å². The summed E-state index contributed by atoms with van der Waals surface area (Å²) >= 11 is 0. The highest BCUT2D eigenvalue weighted by Gasteiger charge is 2.39. The van der Waals surface area contributed by atoms with Crippen molar-refractivity contribution >= 4 is 5.95 Å². The molecule has 2 atom stereocenters. The molecule has 1 aromatic heterocycles. The van der Waals surface area contributed by atoms with Gasteiger partial charge in [-0.25, -0.2) is 9.97 Å². The van der Waals surface area contributed by atoms with Crippen molar-refractivity contribution in [1.29, 1.82) is 0 Å². The number of hydrogen-bond acceptors (Lipinski definition) is 5. The van der Waals surface area contributed by atoms with Crippen molar-refractivity contribution in [2.24, 2.45) is 0 Å². The highest BCUT2D eigenvalue weighted by Crippen LogP contribution is 2.32. The molecular formula is C17H15F6N3O2. The molecule has 1 aliphatic heterocycles. The molecule has 2 heterocycles. The maximum Gasteiger partial charge on any atom is 0.522 e. The highest BCUT2D eigenvalue weighted by molar-refractivity contribution is 5.35. The van der Waals surface area contributed by atoms with Gasteiger partial charge in [-0.3, -0.25) is 4.74 Å². The fraction of sp³-hybridized carbons (Fsp3) is 0.412. The first-order valence-electron chi connectivity index (χ1n) is 8.20. The summed E-state index contributed by atoms with van der Waals surface area (Å²) in [5.74, 6) is 0.404. The normalized spacial score (nSPS) is 20.4. The van der Waals surface area contributed by atoms with Gasteiger partial charge in [0.05, 0.1) is 24.8 Å². The Labute approximate surface area is 155 Å². The third-order valence-corrected chi connectivity index (χ3v) is 4.11. The predicted octanol–water partition coefficient (Wildman–Crippen LogP) is 4.06. The van der Waals surface area contributed by atoms with Crippen molar-refractivity contribution in [3.63, 3.8) is 0 Å². The van der Waals surface area contributed by atoms with E-state index in [2.05, 4.69) is 14.7 Å². The van der Waals surface area contributed by atoms with Crippen LogP contribution < -0.4 is 9.64 Å². The van der Waals surface area contributed by atoms with Crippen molar-refractivity contribution in [2.75, 3.05) is 18.1 Å². The van der Waals surface area contributed by atoms with Crippen LogP contribution in [0.25, 0.3) is 0 Å². The van der Waals surface area contributed by atoms with Gasteiger partial charge in [-0.15, -0.1) is 13.2 Å². The molecule has 152 valence electrons. The zero-order chi connectivity index (χ0) is 20.4. The molecule has 5 nitrogen and oxygen atoms in total. The Hall–Kier alpha value is -2.56. The Morgan fingerprint density at radius 1 is 1.00 bits per heavy atom. The van der Waals surface area contributed by atoms with Crippen molar-refractivity contribution in [3.8, 4) is 5.75 Å². The van der Waals surface area contributed by atoms with Crippen LogP contribution in [0.1, 0.15) is 12.0 Å². The van der Waals surface area contributed by atoms with Crippen LogP contribution in [0.4, 0.5) is 32.3 Å². The van der Waals surface area contributed by atoms with Gasteiger partial charge in [-0.1, -0.05) is 0 Å². The van der Waals surface area contributed by atoms with Gasteiger partial charge in [0, 0.05) is 18.8 Å². The van der Waals surface area contributed by atoms with E-state index in [-0.39, 0.29) is 24.7 Å². The Kier molecular flexibility index (Phi) is 5.64. The molecule has 0 saturated carbocycles. The van der Waals surface area contributed by atoms with Crippen LogP contribution in [-0.2, 0) is 10.9 Å². The smallest absolute Gasteiger partial charge is 0.489 e. The topological polar surface area (TPSA) is 47.5 Å². The largest absolute Gasteiger partial charge is 0.522 e. The van der Waals surface area contributed by atoms with Crippen molar-refractivity contribution in [1.82, 2.24) is 9.97 Å². The van der Waals surface area contributed by atoms with Gasteiger partial charge in [-0.2, -0.15) is 13.2 Å². The standard InChI is InChI=1S/C17H15F6N3O2/c18-16(19,20)11-2-4-13(5-3-11)28-14-8-12(10-27-17(21,22)23)26(9-14)15-24-6-1-7-25-15/h1-7,12,14H,8-10H2/t12-,14-/m0/s1. The predicted molar refractivity (Wildman–Crippen MR) is 85.7 cm³/mol. The lowest BCUT2D eigenvalue weighted by atomic mass is 10.2. The summed E-state index contributed by atoms with van der Waals surface area (Å²) in [6, 6.07) is 4.97. The van der Waals surface area contributed by atoms with Gasteiger partial charge in [0.1, 0.15) is 11.9 Å². The van der Waals surface area contributed by atoms with Crippen LogP contribution in [0.3, 0.4) is 0 Å². The van der Waals surface area contributed by atoms with Crippen LogP contribution in [0.5, 0.6) is 5.75 Å². The van der Waals surface area contributed by atoms with Crippen LogP contribution in [0.2, 0.25) is 0 Å². The van der Waals surface area contributed by atoms with Crippen LogP contribution in [-0.4, -0.2) is 41.6 Å². The molecule has 28 heavy (non-hydrogen) atoms. The first-order valence-corrected chi connectivity index (χ1v) is 8.20. The van der Waals surface area contributed by atoms with E-state index in [1.165, 1.54) is 29.4 Å². The van der Waals surface area contributed by atoms with E-state index in [1.807, 2.05) is 0 Å². The average Bonchev–Trinajstić information content (AvgIpc) is 3.03. The molecule has 3 rings (SSSR count). The van der Waals surface area contributed by atoms with E-state index in [4.69, 9.17) is 4.74 Å². The number of halogens is 6. The molecule has 0 amide bonds. The summed E-state index contributed by atoms with van der Waals surface area (Å²) < 4.78 is 84.7. The Morgan fingerprint density at radius 2 is 1.64 bits per heavy atom. The third kappa shape index (κ3) is 5.24. The number of aromatic nitrogens is 2. The lowest BCUT2D eigenvalue weighted by Gasteiger charge is -2.24. The number of alkyl halides is 6. The summed E-state index contributed by atoms with van der Waals surface area (Å²) in [4.78, 5) is 9.59. The molecule has 0 unspecified atom stereocenters. The average molecular weight is 407 g/mol. The van der Waals surface area contributed by atoms with Crippen molar-refractivity contribution < 1.29 is 35.8 Å².